The molecule has 0 atom stereocenters. The Morgan fingerprint density at radius 1 is 1.10 bits per heavy atom. The average Bonchev–Trinajstić information content (AvgIpc) is 2.40. The van der Waals surface area contributed by atoms with Gasteiger partial charge < -0.3 is 10.1 Å². The van der Waals surface area contributed by atoms with Gasteiger partial charge in [-0.2, -0.15) is 0 Å². The maximum Gasteiger partial charge on any atom is 0.321 e. The molecule has 0 aliphatic rings. The molecular weight excluding hydrogens is 250 g/mol. The lowest BCUT2D eigenvalue weighted by atomic mass is 10.1. The standard InChI is InChI=1S/C16H21N3O/c1-12-7-5-6-8-14(12)20-15-17-9-13(10-18-15)11-19-16(2,3)4/h5-10,19H,11H2,1-4H3. The number of para-hydroxylation sites is 1. The van der Waals surface area contributed by atoms with Crippen LogP contribution in [0.25, 0.3) is 0 Å². The minimum atomic E-state index is 0.0797. The molecule has 4 heteroatoms. The molecule has 2 aromatic rings. The SMILES string of the molecule is Cc1ccccc1Oc1ncc(CNC(C)(C)C)cn1. The molecule has 0 bridgehead atoms. The van der Waals surface area contributed by atoms with Crippen LogP contribution in [0.1, 0.15) is 31.9 Å². The third-order valence-electron chi connectivity index (χ3n) is 2.80. The van der Waals surface area contributed by atoms with Gasteiger partial charge in [0.1, 0.15) is 5.75 Å². The minimum Gasteiger partial charge on any atom is -0.424 e. The summed E-state index contributed by atoms with van der Waals surface area (Å²) >= 11 is 0. The first-order chi connectivity index (χ1) is 9.44. The predicted octanol–water partition coefficient (Wildman–Crippen LogP) is 3.47. The van der Waals surface area contributed by atoms with E-state index in [9.17, 15) is 0 Å². The number of ether oxygens (including phenoxy) is 1. The number of rotatable bonds is 4. The average molecular weight is 271 g/mol. The highest BCUT2D eigenvalue weighted by atomic mass is 16.5. The number of hydrogen-bond acceptors (Lipinski definition) is 4. The van der Waals surface area contributed by atoms with Crippen molar-refractivity contribution in [2.24, 2.45) is 0 Å². The van der Waals surface area contributed by atoms with Gasteiger partial charge in [0, 0.05) is 30.0 Å². The molecule has 0 fully saturated rings. The Labute approximate surface area is 120 Å². The normalized spacial score (nSPS) is 11.4. The molecule has 0 unspecified atom stereocenters. The molecule has 0 radical (unpaired) electrons. The van der Waals surface area contributed by atoms with Crippen molar-refractivity contribution >= 4 is 0 Å². The van der Waals surface area contributed by atoms with Crippen LogP contribution in [0.5, 0.6) is 11.8 Å². The number of nitrogens with one attached hydrogen (secondary N) is 1. The smallest absolute Gasteiger partial charge is 0.321 e. The van der Waals surface area contributed by atoms with Gasteiger partial charge in [0.05, 0.1) is 0 Å². The van der Waals surface area contributed by atoms with Gasteiger partial charge in [0.15, 0.2) is 0 Å². The molecule has 1 heterocycles. The maximum atomic E-state index is 5.67. The fraction of sp³-hybridized carbons (Fsp3) is 0.375. The molecule has 0 aliphatic heterocycles. The first-order valence-electron chi connectivity index (χ1n) is 6.73. The lowest BCUT2D eigenvalue weighted by Gasteiger charge is -2.20. The molecule has 1 N–H and O–H groups in total. The van der Waals surface area contributed by atoms with Gasteiger partial charge in [0.25, 0.3) is 0 Å². The summed E-state index contributed by atoms with van der Waals surface area (Å²) in [5.74, 6) is 0.785. The van der Waals surface area contributed by atoms with Crippen molar-refractivity contribution in [2.75, 3.05) is 0 Å². The summed E-state index contributed by atoms with van der Waals surface area (Å²) in [5.41, 5.74) is 2.18. The summed E-state index contributed by atoms with van der Waals surface area (Å²) in [6.45, 7) is 9.13. The van der Waals surface area contributed by atoms with Crippen LogP contribution in [0.4, 0.5) is 0 Å². The van der Waals surface area contributed by atoms with Crippen molar-refractivity contribution in [1.29, 1.82) is 0 Å². The molecule has 0 amide bonds. The fourth-order valence-corrected chi connectivity index (χ4v) is 1.62. The highest BCUT2D eigenvalue weighted by Gasteiger charge is 2.09. The quantitative estimate of drug-likeness (QED) is 0.925. The predicted molar refractivity (Wildman–Crippen MR) is 79.9 cm³/mol. The van der Waals surface area contributed by atoms with Gasteiger partial charge in [-0.05, 0) is 39.3 Å². The van der Waals surface area contributed by atoms with Crippen molar-refractivity contribution < 1.29 is 4.74 Å². The molecule has 2 rings (SSSR count). The fourth-order valence-electron chi connectivity index (χ4n) is 1.62. The second-order valence-electron chi connectivity index (χ2n) is 5.84. The molecule has 0 saturated heterocycles. The van der Waals surface area contributed by atoms with E-state index in [1.165, 1.54) is 0 Å². The Kier molecular flexibility index (Phi) is 4.35. The van der Waals surface area contributed by atoms with E-state index in [2.05, 4.69) is 36.1 Å². The zero-order valence-electron chi connectivity index (χ0n) is 12.5. The third-order valence-corrected chi connectivity index (χ3v) is 2.80. The summed E-state index contributed by atoms with van der Waals surface area (Å²) in [5, 5.41) is 3.40. The van der Waals surface area contributed by atoms with E-state index < -0.39 is 0 Å². The van der Waals surface area contributed by atoms with E-state index in [0.29, 0.717) is 6.01 Å². The molecular formula is C16H21N3O. The van der Waals surface area contributed by atoms with Crippen molar-refractivity contribution in [2.45, 2.75) is 39.8 Å². The molecule has 4 nitrogen and oxygen atoms in total. The Hall–Kier alpha value is -1.94. The van der Waals surface area contributed by atoms with E-state index in [0.717, 1.165) is 23.4 Å². The van der Waals surface area contributed by atoms with Gasteiger partial charge in [-0.3, -0.25) is 0 Å². The Bertz CT molecular complexity index is 559. The highest BCUT2D eigenvalue weighted by Crippen LogP contribution is 2.21. The zero-order valence-corrected chi connectivity index (χ0v) is 12.5. The van der Waals surface area contributed by atoms with Crippen LogP contribution in [0, 0.1) is 6.92 Å². The number of hydrogen-bond donors (Lipinski definition) is 1. The first kappa shape index (κ1) is 14.5. The third kappa shape index (κ3) is 4.31. The Morgan fingerprint density at radius 2 is 1.75 bits per heavy atom. The van der Waals surface area contributed by atoms with E-state index in [1.807, 2.05) is 31.2 Å². The Morgan fingerprint density at radius 3 is 2.35 bits per heavy atom. The van der Waals surface area contributed by atoms with Gasteiger partial charge >= 0.3 is 6.01 Å². The van der Waals surface area contributed by atoms with Gasteiger partial charge in [0.2, 0.25) is 0 Å². The lowest BCUT2D eigenvalue weighted by Crippen LogP contribution is -2.35. The molecule has 0 aliphatic carbocycles. The van der Waals surface area contributed by atoms with Crippen LogP contribution in [0.3, 0.4) is 0 Å². The number of aromatic nitrogens is 2. The first-order valence-corrected chi connectivity index (χ1v) is 6.73. The van der Waals surface area contributed by atoms with Gasteiger partial charge in [-0.1, -0.05) is 18.2 Å². The summed E-state index contributed by atoms with van der Waals surface area (Å²) in [7, 11) is 0. The molecule has 0 spiro atoms. The molecule has 0 saturated carbocycles. The summed E-state index contributed by atoms with van der Waals surface area (Å²) in [6, 6.07) is 8.19. The van der Waals surface area contributed by atoms with Crippen LogP contribution in [-0.4, -0.2) is 15.5 Å². The minimum absolute atomic E-state index is 0.0797. The monoisotopic (exact) mass is 271 g/mol. The van der Waals surface area contributed by atoms with E-state index in [-0.39, 0.29) is 5.54 Å². The van der Waals surface area contributed by atoms with Crippen molar-refractivity contribution in [3.8, 4) is 11.8 Å². The van der Waals surface area contributed by atoms with E-state index >= 15 is 0 Å². The summed E-state index contributed by atoms with van der Waals surface area (Å²) < 4.78 is 5.67. The number of benzene rings is 1. The molecule has 1 aromatic heterocycles. The van der Waals surface area contributed by atoms with Crippen molar-refractivity contribution in [3.63, 3.8) is 0 Å². The second kappa shape index (κ2) is 6.01. The van der Waals surface area contributed by atoms with Crippen molar-refractivity contribution in [1.82, 2.24) is 15.3 Å². The molecule has 106 valence electrons. The van der Waals surface area contributed by atoms with Crippen LogP contribution in [0.2, 0.25) is 0 Å². The summed E-state index contributed by atoms with van der Waals surface area (Å²) in [6.07, 6.45) is 3.58. The number of nitrogens with zero attached hydrogens (tertiary/aromatic N) is 2. The van der Waals surface area contributed by atoms with Crippen LogP contribution < -0.4 is 10.1 Å². The van der Waals surface area contributed by atoms with Crippen LogP contribution >= 0.6 is 0 Å². The van der Waals surface area contributed by atoms with Crippen LogP contribution in [0.15, 0.2) is 36.7 Å². The largest absolute Gasteiger partial charge is 0.424 e. The number of aryl methyl sites for hydroxylation is 1. The highest BCUT2D eigenvalue weighted by molar-refractivity contribution is 5.33. The lowest BCUT2D eigenvalue weighted by molar-refractivity contribution is 0.419. The second-order valence-corrected chi connectivity index (χ2v) is 5.84. The van der Waals surface area contributed by atoms with E-state index in [1.54, 1.807) is 12.4 Å². The zero-order chi connectivity index (χ0) is 14.6. The maximum absolute atomic E-state index is 5.67. The van der Waals surface area contributed by atoms with Gasteiger partial charge in [-0.25, -0.2) is 9.97 Å². The summed E-state index contributed by atoms with van der Waals surface area (Å²) in [4.78, 5) is 8.48. The van der Waals surface area contributed by atoms with Crippen molar-refractivity contribution in [3.05, 3.63) is 47.8 Å². The van der Waals surface area contributed by atoms with Gasteiger partial charge in [-0.15, -0.1) is 0 Å². The topological polar surface area (TPSA) is 47.0 Å². The Balaban J connectivity index is 2.00. The molecule has 1 aromatic carbocycles. The van der Waals surface area contributed by atoms with E-state index in [4.69, 9.17) is 4.74 Å². The van der Waals surface area contributed by atoms with Crippen LogP contribution in [-0.2, 0) is 6.54 Å². The molecule has 20 heavy (non-hydrogen) atoms.